The van der Waals surface area contributed by atoms with Gasteiger partial charge in [0.25, 0.3) is 0 Å². The molecule has 0 spiro atoms. The van der Waals surface area contributed by atoms with E-state index in [1.54, 1.807) is 0 Å². The van der Waals surface area contributed by atoms with Crippen LogP contribution in [0, 0.1) is 0 Å². The minimum absolute atomic E-state index is 0.106. The van der Waals surface area contributed by atoms with Gasteiger partial charge in [-0.1, -0.05) is 77.6 Å². The largest absolute Gasteiger partial charge is 0.469 e. The monoisotopic (exact) mass is 452 g/mol. The molecular weight excluding hydrogens is 401 g/mol. The molecule has 0 aliphatic heterocycles. The summed E-state index contributed by atoms with van der Waals surface area (Å²) >= 11 is 0. The first-order valence-corrected chi connectivity index (χ1v) is 13.8. The van der Waals surface area contributed by atoms with Gasteiger partial charge in [-0.15, -0.1) is 0 Å². The number of quaternary nitrogens is 1. The van der Waals surface area contributed by atoms with Crippen LogP contribution in [0.3, 0.4) is 0 Å². The predicted molar refractivity (Wildman–Crippen MR) is 126 cm³/mol. The number of unbranched alkanes of at least 4 members (excludes halogenated alkanes) is 12. The quantitative estimate of drug-likeness (QED) is 0.119. The Hall–Kier alpha value is 0.0300. The molecule has 0 bridgehead atoms. The second-order valence-corrected chi connectivity index (χ2v) is 10.8. The normalized spacial score (nSPS) is 13.7. The highest BCUT2D eigenvalue weighted by molar-refractivity contribution is 7.46. The fourth-order valence-electron chi connectivity index (χ4n) is 3.61. The molecule has 1 atom stereocenters. The van der Waals surface area contributed by atoms with Crippen LogP contribution in [-0.4, -0.2) is 61.3 Å². The third-order valence-corrected chi connectivity index (χ3v) is 6.23. The molecule has 1 unspecified atom stereocenters. The molecule has 182 valence electrons. The van der Waals surface area contributed by atoms with Crippen molar-refractivity contribution in [1.29, 1.82) is 0 Å². The first-order chi connectivity index (χ1) is 14.2. The molecule has 0 aromatic carbocycles. The molecule has 2 N–H and O–H groups in total. The summed E-state index contributed by atoms with van der Waals surface area (Å²) in [5.74, 6) is 0. The third-order valence-electron chi connectivity index (χ3n) is 5.75. The first kappa shape index (κ1) is 30.0. The number of phosphoric ester groups is 1. The molecule has 0 saturated carbocycles. The van der Waals surface area contributed by atoms with Crippen molar-refractivity contribution in [3.8, 4) is 0 Å². The Labute approximate surface area is 186 Å². The van der Waals surface area contributed by atoms with Crippen molar-refractivity contribution < 1.29 is 28.1 Å². The van der Waals surface area contributed by atoms with E-state index in [2.05, 4.69) is 6.92 Å². The van der Waals surface area contributed by atoms with Crippen LogP contribution >= 0.6 is 7.82 Å². The van der Waals surface area contributed by atoms with Gasteiger partial charge in [-0.3, -0.25) is 4.52 Å². The van der Waals surface area contributed by atoms with Crippen LogP contribution in [0.4, 0.5) is 0 Å². The summed E-state index contributed by atoms with van der Waals surface area (Å²) in [4.78, 5) is 17.9. The second kappa shape index (κ2) is 18.6. The summed E-state index contributed by atoms with van der Waals surface area (Å²) in [6.45, 7) is 4.20. The van der Waals surface area contributed by atoms with Crippen molar-refractivity contribution in [3.63, 3.8) is 0 Å². The summed E-state index contributed by atoms with van der Waals surface area (Å²) in [6, 6.07) is 0.106. The first-order valence-electron chi connectivity index (χ1n) is 12.3. The van der Waals surface area contributed by atoms with Crippen LogP contribution < -0.4 is 0 Å². The summed E-state index contributed by atoms with van der Waals surface area (Å²) < 4.78 is 22.1. The van der Waals surface area contributed by atoms with Gasteiger partial charge in [0.15, 0.2) is 0 Å². The van der Waals surface area contributed by atoms with Gasteiger partial charge in [0.05, 0.1) is 21.1 Å². The van der Waals surface area contributed by atoms with E-state index < -0.39 is 7.82 Å². The van der Waals surface area contributed by atoms with Crippen LogP contribution in [0.2, 0.25) is 0 Å². The lowest BCUT2D eigenvalue weighted by Gasteiger charge is -2.34. The molecule has 0 saturated heterocycles. The molecule has 0 rings (SSSR count). The van der Waals surface area contributed by atoms with Gasteiger partial charge in [0.1, 0.15) is 12.6 Å². The molecule has 0 aromatic rings. The highest BCUT2D eigenvalue weighted by atomic mass is 31.2. The average Bonchev–Trinajstić information content (AvgIpc) is 2.64. The van der Waals surface area contributed by atoms with E-state index in [0.717, 1.165) is 26.1 Å². The van der Waals surface area contributed by atoms with Gasteiger partial charge in [0, 0.05) is 19.6 Å². The summed E-state index contributed by atoms with van der Waals surface area (Å²) in [7, 11) is 1.75. The number of likely N-dealkylation sites (N-methyl/N-ethyl adjacent to an activating group) is 1. The van der Waals surface area contributed by atoms with Gasteiger partial charge >= 0.3 is 7.82 Å². The van der Waals surface area contributed by atoms with Crippen molar-refractivity contribution in [3.05, 3.63) is 0 Å². The fraction of sp³-hybridized carbons (Fsp3) is 1.00. The zero-order chi connectivity index (χ0) is 22.7. The van der Waals surface area contributed by atoms with Gasteiger partial charge in [-0.2, -0.15) is 0 Å². The Balaban J connectivity index is 3.46. The van der Waals surface area contributed by atoms with Gasteiger partial charge in [0.2, 0.25) is 0 Å². The number of hydrogen-bond donors (Lipinski definition) is 2. The Morgan fingerprint density at radius 1 is 0.733 bits per heavy atom. The Kier molecular flexibility index (Phi) is 18.6. The van der Waals surface area contributed by atoms with Crippen LogP contribution in [0.1, 0.15) is 103 Å². The predicted octanol–water partition coefficient (Wildman–Crippen LogP) is 6.06. The van der Waals surface area contributed by atoms with Crippen LogP contribution in [0.5, 0.6) is 0 Å². The molecule has 0 aliphatic carbocycles. The van der Waals surface area contributed by atoms with Gasteiger partial charge in [-0.05, 0) is 19.3 Å². The lowest BCUT2D eigenvalue weighted by molar-refractivity contribution is -0.896. The second-order valence-electron chi connectivity index (χ2n) is 9.55. The molecule has 0 aromatic heterocycles. The number of nitrogens with zero attached hydrogens (tertiary/aromatic N) is 1. The van der Waals surface area contributed by atoms with Crippen molar-refractivity contribution in [2.24, 2.45) is 0 Å². The zero-order valence-electron chi connectivity index (χ0n) is 20.3. The van der Waals surface area contributed by atoms with Gasteiger partial charge in [-0.25, -0.2) is 4.57 Å². The molecule has 0 fully saturated rings. The van der Waals surface area contributed by atoms with Crippen molar-refractivity contribution in [2.45, 2.75) is 109 Å². The summed E-state index contributed by atoms with van der Waals surface area (Å²) in [5, 5.41) is 0. The molecule has 0 heterocycles. The Morgan fingerprint density at radius 3 is 1.60 bits per heavy atom. The standard InChI is InChI=1S/C23H50NO5P/c1-5-6-7-8-14-17-20-28-21-18-15-12-10-9-11-13-16-19-23(24(2,3)4)22-29-30(25,26)27/h23H,5-22H2,1-4H3,(H-,25,26,27)/p+1. The van der Waals surface area contributed by atoms with E-state index in [4.69, 9.17) is 19.0 Å². The highest BCUT2D eigenvalue weighted by Crippen LogP contribution is 2.36. The van der Waals surface area contributed by atoms with Crippen molar-refractivity contribution >= 4 is 7.82 Å². The van der Waals surface area contributed by atoms with Crippen molar-refractivity contribution in [1.82, 2.24) is 0 Å². The zero-order valence-corrected chi connectivity index (χ0v) is 21.2. The fourth-order valence-corrected chi connectivity index (χ4v) is 3.97. The highest BCUT2D eigenvalue weighted by Gasteiger charge is 2.27. The van der Waals surface area contributed by atoms with Gasteiger partial charge < -0.3 is 19.0 Å². The van der Waals surface area contributed by atoms with E-state index in [1.165, 1.54) is 83.5 Å². The SMILES string of the molecule is CCCCCCCCOCCCCCCCCCCC(COP(=O)(O)O)[N+](C)(C)C. The molecule has 0 aliphatic rings. The van der Waals surface area contributed by atoms with Crippen molar-refractivity contribution in [2.75, 3.05) is 41.0 Å². The Bertz CT molecular complexity index is 422. The topological polar surface area (TPSA) is 76.0 Å². The van der Waals surface area contributed by atoms with E-state index in [0.29, 0.717) is 4.48 Å². The average molecular weight is 453 g/mol. The molecule has 0 amide bonds. The van der Waals surface area contributed by atoms with E-state index in [9.17, 15) is 4.57 Å². The maximum absolute atomic E-state index is 11.0. The molecule has 7 heteroatoms. The molecule has 0 radical (unpaired) electrons. The maximum atomic E-state index is 11.0. The smallest absolute Gasteiger partial charge is 0.381 e. The summed E-state index contributed by atoms with van der Waals surface area (Å²) in [5.41, 5.74) is 0. The Morgan fingerprint density at radius 2 is 1.17 bits per heavy atom. The maximum Gasteiger partial charge on any atom is 0.469 e. The lowest BCUT2D eigenvalue weighted by atomic mass is 10.0. The van der Waals surface area contributed by atoms with Crippen LogP contribution in [0.25, 0.3) is 0 Å². The number of hydrogen-bond acceptors (Lipinski definition) is 3. The molecular formula is C23H51NO5P+. The summed E-state index contributed by atoms with van der Waals surface area (Å²) in [6.07, 6.45) is 18.6. The van der Waals surface area contributed by atoms with E-state index in [-0.39, 0.29) is 12.6 Å². The van der Waals surface area contributed by atoms with E-state index in [1.807, 2.05) is 21.1 Å². The lowest BCUT2D eigenvalue weighted by Crippen LogP contribution is -2.47. The van der Waals surface area contributed by atoms with E-state index >= 15 is 0 Å². The van der Waals surface area contributed by atoms with Crippen LogP contribution in [-0.2, 0) is 13.8 Å². The minimum Gasteiger partial charge on any atom is -0.381 e. The third kappa shape index (κ3) is 21.3. The molecule has 30 heavy (non-hydrogen) atoms. The minimum atomic E-state index is -4.39. The number of ether oxygens (including phenoxy) is 1. The number of phosphoric acid groups is 1. The number of rotatable bonds is 22. The molecule has 6 nitrogen and oxygen atoms in total. The van der Waals surface area contributed by atoms with Crippen LogP contribution in [0.15, 0.2) is 0 Å².